The van der Waals surface area contributed by atoms with Gasteiger partial charge in [-0.3, -0.25) is 0 Å². The summed E-state index contributed by atoms with van der Waals surface area (Å²) < 4.78 is 7.69. The summed E-state index contributed by atoms with van der Waals surface area (Å²) in [5.74, 6) is 3.57. The van der Waals surface area contributed by atoms with Crippen LogP contribution in [-0.2, 0) is 11.8 Å². The maximum atomic E-state index is 5.48. The van der Waals surface area contributed by atoms with Crippen molar-refractivity contribution in [3.05, 3.63) is 36.2 Å². The van der Waals surface area contributed by atoms with Crippen LogP contribution in [-0.4, -0.2) is 70.9 Å². The summed E-state index contributed by atoms with van der Waals surface area (Å²) in [7, 11) is 2.12. The zero-order chi connectivity index (χ0) is 20.3. The Morgan fingerprint density at radius 3 is 2.73 bits per heavy atom. The van der Waals surface area contributed by atoms with Gasteiger partial charge >= 0.3 is 0 Å². The number of nitrogens with zero attached hydrogens (tertiary/aromatic N) is 5. The maximum Gasteiger partial charge on any atom is 0.190 e. The summed E-state index contributed by atoms with van der Waals surface area (Å²) in [6, 6.07) is 11.6. The van der Waals surface area contributed by atoms with Gasteiger partial charge in [0.2, 0.25) is 0 Å². The van der Waals surface area contributed by atoms with Crippen molar-refractivity contribution < 1.29 is 4.74 Å². The van der Waals surface area contributed by atoms with Crippen LogP contribution in [0.5, 0.6) is 0 Å². The molecule has 4 heterocycles. The lowest BCUT2D eigenvalue weighted by Crippen LogP contribution is -2.35. The third kappa shape index (κ3) is 4.25. The van der Waals surface area contributed by atoms with E-state index < -0.39 is 0 Å². The van der Waals surface area contributed by atoms with Crippen LogP contribution in [0.3, 0.4) is 0 Å². The van der Waals surface area contributed by atoms with Gasteiger partial charge in [0.15, 0.2) is 5.16 Å². The molecule has 6 nitrogen and oxygen atoms in total. The average molecular weight is 428 g/mol. The predicted molar refractivity (Wildman–Crippen MR) is 121 cm³/mol. The molecule has 3 saturated heterocycles. The second-order valence-electron chi connectivity index (χ2n) is 8.89. The Kier molecular flexibility index (Phi) is 6.29. The average Bonchev–Trinajstić information content (AvgIpc) is 3.47. The largest absolute Gasteiger partial charge is 0.381 e. The Balaban J connectivity index is 1.08. The highest BCUT2D eigenvalue weighted by atomic mass is 32.2. The molecule has 0 N–H and O–H groups in total. The zero-order valence-electron chi connectivity index (χ0n) is 17.9. The number of rotatable bonds is 7. The van der Waals surface area contributed by atoms with Crippen LogP contribution in [0.15, 0.2) is 35.5 Å². The molecule has 1 aromatic carbocycles. The van der Waals surface area contributed by atoms with Gasteiger partial charge in [-0.25, -0.2) is 0 Å². The second kappa shape index (κ2) is 9.28. The second-order valence-corrected chi connectivity index (χ2v) is 9.96. The van der Waals surface area contributed by atoms with Crippen molar-refractivity contribution in [1.82, 2.24) is 19.7 Å². The number of likely N-dealkylation sites (tertiary alicyclic amines) is 1. The van der Waals surface area contributed by atoms with E-state index in [2.05, 4.69) is 61.9 Å². The lowest BCUT2D eigenvalue weighted by Gasteiger charge is -2.27. The number of benzene rings is 1. The Morgan fingerprint density at radius 1 is 1.07 bits per heavy atom. The van der Waals surface area contributed by atoms with Crippen LogP contribution in [0.1, 0.15) is 37.4 Å². The molecular formula is C23H33N5OS. The highest BCUT2D eigenvalue weighted by Gasteiger charge is 2.40. The standard InChI is InChI=1S/C23H33N5OS/c1-26-22(18-9-13-29-14-10-18)24-25-23(26)30-15-5-11-27-16-19-8-12-28(21(19)17-27)20-6-3-2-4-7-20/h2-4,6-7,18-19,21H,5,8-17H2,1H3/t19-,21+/m1/s1. The van der Waals surface area contributed by atoms with Crippen molar-refractivity contribution in [2.75, 3.05) is 50.0 Å². The normalized spacial score (nSPS) is 25.2. The lowest BCUT2D eigenvalue weighted by atomic mass is 10.00. The molecule has 2 atom stereocenters. The molecule has 0 unspecified atom stereocenters. The fourth-order valence-corrected chi connectivity index (χ4v) is 6.23. The van der Waals surface area contributed by atoms with Gasteiger partial charge in [0.25, 0.3) is 0 Å². The molecule has 3 aliphatic heterocycles. The smallest absolute Gasteiger partial charge is 0.190 e. The van der Waals surface area contributed by atoms with E-state index in [1.54, 1.807) is 0 Å². The predicted octanol–water partition coefficient (Wildman–Crippen LogP) is 3.40. The van der Waals surface area contributed by atoms with Gasteiger partial charge in [-0.05, 0) is 50.3 Å². The molecule has 2 aromatic rings. The first kappa shape index (κ1) is 20.3. The van der Waals surface area contributed by atoms with E-state index in [0.29, 0.717) is 12.0 Å². The van der Waals surface area contributed by atoms with Gasteiger partial charge in [0.1, 0.15) is 5.82 Å². The highest BCUT2D eigenvalue weighted by molar-refractivity contribution is 7.99. The highest BCUT2D eigenvalue weighted by Crippen LogP contribution is 2.35. The van der Waals surface area contributed by atoms with Crippen LogP contribution < -0.4 is 4.90 Å². The first-order valence-electron chi connectivity index (χ1n) is 11.4. The lowest BCUT2D eigenvalue weighted by molar-refractivity contribution is 0.0828. The van der Waals surface area contributed by atoms with Gasteiger partial charge in [-0.2, -0.15) is 0 Å². The number of hydrogen-bond donors (Lipinski definition) is 0. The van der Waals surface area contributed by atoms with Crippen molar-refractivity contribution in [3.8, 4) is 0 Å². The van der Waals surface area contributed by atoms with Gasteiger partial charge in [-0.15, -0.1) is 10.2 Å². The fraction of sp³-hybridized carbons (Fsp3) is 0.652. The molecule has 3 fully saturated rings. The molecule has 0 saturated carbocycles. The van der Waals surface area contributed by atoms with E-state index in [9.17, 15) is 0 Å². The van der Waals surface area contributed by atoms with Crippen LogP contribution in [0.25, 0.3) is 0 Å². The molecule has 30 heavy (non-hydrogen) atoms. The molecule has 0 radical (unpaired) electrons. The number of hydrogen-bond acceptors (Lipinski definition) is 6. The quantitative estimate of drug-likeness (QED) is 0.499. The Bertz CT molecular complexity index is 822. The van der Waals surface area contributed by atoms with E-state index in [1.165, 1.54) is 44.7 Å². The van der Waals surface area contributed by atoms with Crippen molar-refractivity contribution in [2.45, 2.75) is 42.8 Å². The molecule has 0 amide bonds. The first-order valence-corrected chi connectivity index (χ1v) is 12.4. The molecule has 0 aliphatic carbocycles. The Morgan fingerprint density at radius 2 is 1.90 bits per heavy atom. The Hall–Kier alpha value is -1.57. The molecule has 0 bridgehead atoms. The third-order valence-electron chi connectivity index (χ3n) is 7.02. The van der Waals surface area contributed by atoms with E-state index in [0.717, 1.165) is 48.7 Å². The molecule has 5 rings (SSSR count). The minimum Gasteiger partial charge on any atom is -0.381 e. The van der Waals surface area contributed by atoms with Crippen molar-refractivity contribution in [3.63, 3.8) is 0 Å². The fourth-order valence-electron chi connectivity index (χ4n) is 5.39. The van der Waals surface area contributed by atoms with Crippen LogP contribution in [0.4, 0.5) is 5.69 Å². The van der Waals surface area contributed by atoms with Gasteiger partial charge in [0.05, 0.1) is 0 Å². The van der Waals surface area contributed by atoms with Crippen molar-refractivity contribution in [1.29, 1.82) is 0 Å². The van der Waals surface area contributed by atoms with E-state index in [1.807, 2.05) is 11.8 Å². The minimum absolute atomic E-state index is 0.502. The first-order chi connectivity index (χ1) is 14.8. The summed E-state index contributed by atoms with van der Waals surface area (Å²) in [6.07, 6.45) is 4.66. The maximum absolute atomic E-state index is 5.48. The SMILES string of the molecule is Cn1c(SCCCN2C[C@H]3CCN(c4ccccc4)[C@H]3C2)nnc1C1CCOCC1. The monoisotopic (exact) mass is 427 g/mol. The summed E-state index contributed by atoms with van der Waals surface area (Å²) in [4.78, 5) is 5.31. The minimum atomic E-state index is 0.502. The van der Waals surface area contributed by atoms with E-state index >= 15 is 0 Å². The zero-order valence-corrected chi connectivity index (χ0v) is 18.8. The van der Waals surface area contributed by atoms with Crippen molar-refractivity contribution >= 4 is 17.4 Å². The third-order valence-corrected chi connectivity index (χ3v) is 8.12. The molecule has 1 aromatic heterocycles. The van der Waals surface area contributed by atoms with Gasteiger partial charge in [0, 0.05) is 63.3 Å². The summed E-state index contributed by atoms with van der Waals surface area (Å²) in [5, 5.41) is 10.0. The number of thioether (sulfide) groups is 1. The van der Waals surface area contributed by atoms with Crippen LogP contribution >= 0.6 is 11.8 Å². The Labute approximate surface area is 184 Å². The molecule has 0 spiro atoms. The van der Waals surface area contributed by atoms with E-state index in [4.69, 9.17) is 4.74 Å². The van der Waals surface area contributed by atoms with E-state index in [-0.39, 0.29) is 0 Å². The van der Waals surface area contributed by atoms with Gasteiger partial charge in [-0.1, -0.05) is 30.0 Å². The topological polar surface area (TPSA) is 46.4 Å². The van der Waals surface area contributed by atoms with Gasteiger partial charge < -0.3 is 19.1 Å². The summed E-state index contributed by atoms with van der Waals surface area (Å²) >= 11 is 1.86. The summed E-state index contributed by atoms with van der Waals surface area (Å²) in [6.45, 7) is 6.57. The molecule has 7 heteroatoms. The number of fused-ring (bicyclic) bond motifs is 1. The number of para-hydroxylation sites is 1. The summed E-state index contributed by atoms with van der Waals surface area (Å²) in [5.41, 5.74) is 1.39. The van der Waals surface area contributed by atoms with Crippen molar-refractivity contribution in [2.24, 2.45) is 13.0 Å². The van der Waals surface area contributed by atoms with Crippen LogP contribution in [0, 0.1) is 5.92 Å². The molecular weight excluding hydrogens is 394 g/mol. The number of aromatic nitrogens is 3. The number of ether oxygens (including phenoxy) is 1. The number of anilines is 1. The van der Waals surface area contributed by atoms with Crippen LogP contribution in [0.2, 0.25) is 0 Å². The molecule has 3 aliphatic rings. The molecule has 162 valence electrons.